The highest BCUT2D eigenvalue weighted by atomic mass is 16.5. The van der Waals surface area contributed by atoms with Gasteiger partial charge in [-0.3, -0.25) is 10.2 Å². The molecule has 0 aliphatic heterocycles. The van der Waals surface area contributed by atoms with Crippen molar-refractivity contribution in [3.8, 4) is 0 Å². The lowest BCUT2D eigenvalue weighted by Gasteiger charge is -2.02. The van der Waals surface area contributed by atoms with Crippen LogP contribution in [-0.4, -0.2) is 31.0 Å². The molecule has 0 aliphatic rings. The standard InChI is InChI=1S/C5H10N4O3/c6-1-3(10)9-2-4(11)12-5(7)8/h1-2,6H2,(H3,7,8)(H,9,10). The van der Waals surface area contributed by atoms with Crippen LogP contribution in [0.3, 0.4) is 0 Å². The zero-order valence-electron chi connectivity index (χ0n) is 6.29. The Labute approximate surface area is 68.6 Å². The van der Waals surface area contributed by atoms with Crippen LogP contribution in [0.1, 0.15) is 0 Å². The average molecular weight is 174 g/mol. The average Bonchev–Trinajstić information content (AvgIpc) is 1.99. The topological polar surface area (TPSA) is 131 Å². The Morgan fingerprint density at radius 2 is 2.08 bits per heavy atom. The Morgan fingerprint density at radius 1 is 1.50 bits per heavy atom. The maximum Gasteiger partial charge on any atom is 0.333 e. The van der Waals surface area contributed by atoms with Gasteiger partial charge in [0.1, 0.15) is 6.54 Å². The Bertz CT molecular complexity index is 203. The molecule has 6 N–H and O–H groups in total. The molecular formula is C5H10N4O3. The molecule has 0 spiro atoms. The van der Waals surface area contributed by atoms with Gasteiger partial charge in [-0.1, -0.05) is 0 Å². The molecule has 0 fully saturated rings. The maximum absolute atomic E-state index is 10.6. The zero-order valence-corrected chi connectivity index (χ0v) is 6.29. The molecule has 0 bridgehead atoms. The Kier molecular flexibility index (Phi) is 4.39. The smallest absolute Gasteiger partial charge is 0.333 e. The van der Waals surface area contributed by atoms with Gasteiger partial charge in [0.15, 0.2) is 0 Å². The van der Waals surface area contributed by atoms with E-state index in [9.17, 15) is 9.59 Å². The van der Waals surface area contributed by atoms with Crippen LogP contribution in [0.5, 0.6) is 0 Å². The minimum absolute atomic E-state index is 0.201. The Hall–Kier alpha value is -1.63. The fourth-order valence-corrected chi connectivity index (χ4v) is 0.402. The van der Waals surface area contributed by atoms with Crippen LogP contribution in [0.15, 0.2) is 0 Å². The van der Waals surface area contributed by atoms with Crippen molar-refractivity contribution in [2.75, 3.05) is 13.1 Å². The number of hydrogen-bond acceptors (Lipinski definition) is 5. The van der Waals surface area contributed by atoms with Crippen LogP contribution in [-0.2, 0) is 14.3 Å². The van der Waals surface area contributed by atoms with Gasteiger partial charge in [0.05, 0.1) is 6.54 Å². The van der Waals surface area contributed by atoms with Crippen molar-refractivity contribution in [3.05, 3.63) is 0 Å². The van der Waals surface area contributed by atoms with E-state index in [2.05, 4.69) is 10.1 Å². The molecule has 0 rings (SSSR count). The second kappa shape index (κ2) is 5.08. The maximum atomic E-state index is 10.6. The molecule has 0 saturated carbocycles. The largest absolute Gasteiger partial charge is 0.392 e. The van der Waals surface area contributed by atoms with Gasteiger partial charge < -0.3 is 21.5 Å². The molecule has 7 nitrogen and oxygen atoms in total. The first-order valence-corrected chi connectivity index (χ1v) is 3.07. The van der Waals surface area contributed by atoms with Gasteiger partial charge in [-0.25, -0.2) is 4.79 Å². The lowest BCUT2D eigenvalue weighted by atomic mass is 10.5. The van der Waals surface area contributed by atoms with Crippen LogP contribution < -0.4 is 16.8 Å². The number of amidine groups is 1. The van der Waals surface area contributed by atoms with Gasteiger partial charge in [-0.2, -0.15) is 0 Å². The number of rotatable bonds is 3. The monoisotopic (exact) mass is 174 g/mol. The highest BCUT2D eigenvalue weighted by Gasteiger charge is 2.05. The minimum atomic E-state index is -0.802. The number of carbonyl (C=O) groups excluding carboxylic acids is 2. The van der Waals surface area contributed by atoms with E-state index >= 15 is 0 Å². The van der Waals surface area contributed by atoms with Gasteiger partial charge in [-0.15, -0.1) is 0 Å². The molecule has 0 heterocycles. The van der Waals surface area contributed by atoms with E-state index in [-0.39, 0.29) is 13.1 Å². The highest BCUT2D eigenvalue weighted by Crippen LogP contribution is 1.73. The first kappa shape index (κ1) is 10.4. The van der Waals surface area contributed by atoms with Gasteiger partial charge in [0, 0.05) is 0 Å². The van der Waals surface area contributed by atoms with Crippen molar-refractivity contribution in [2.24, 2.45) is 11.5 Å². The second-order valence-electron chi connectivity index (χ2n) is 1.82. The molecule has 0 aromatic carbocycles. The van der Waals surface area contributed by atoms with Crippen molar-refractivity contribution in [1.29, 1.82) is 5.41 Å². The number of carbonyl (C=O) groups is 2. The predicted molar refractivity (Wildman–Crippen MR) is 40.1 cm³/mol. The van der Waals surface area contributed by atoms with Crippen LogP contribution in [0.4, 0.5) is 0 Å². The van der Waals surface area contributed by atoms with Crippen molar-refractivity contribution >= 4 is 17.9 Å². The van der Waals surface area contributed by atoms with Gasteiger partial charge in [0.25, 0.3) is 6.02 Å². The summed E-state index contributed by atoms with van der Waals surface area (Å²) in [7, 11) is 0. The minimum Gasteiger partial charge on any atom is -0.392 e. The summed E-state index contributed by atoms with van der Waals surface area (Å²) in [6, 6.07) is -0.706. The number of ether oxygens (including phenoxy) is 1. The van der Waals surface area contributed by atoms with E-state index in [4.69, 9.17) is 16.9 Å². The van der Waals surface area contributed by atoms with Gasteiger partial charge >= 0.3 is 5.97 Å². The number of nitrogens with one attached hydrogen (secondary N) is 2. The van der Waals surface area contributed by atoms with Crippen LogP contribution in [0.25, 0.3) is 0 Å². The molecule has 0 aromatic rings. The van der Waals surface area contributed by atoms with E-state index in [1.54, 1.807) is 0 Å². The third kappa shape index (κ3) is 5.18. The van der Waals surface area contributed by atoms with Crippen LogP contribution in [0.2, 0.25) is 0 Å². The molecule has 0 saturated heterocycles. The summed E-state index contributed by atoms with van der Waals surface area (Å²) in [4.78, 5) is 21.0. The summed E-state index contributed by atoms with van der Waals surface area (Å²) in [5.41, 5.74) is 9.66. The fraction of sp³-hybridized carbons (Fsp3) is 0.400. The van der Waals surface area contributed by atoms with Crippen LogP contribution >= 0.6 is 0 Å². The van der Waals surface area contributed by atoms with E-state index in [0.717, 1.165) is 0 Å². The number of hydrogen-bond donors (Lipinski definition) is 4. The third-order valence-corrected chi connectivity index (χ3v) is 0.839. The van der Waals surface area contributed by atoms with E-state index < -0.39 is 17.9 Å². The molecule has 7 heteroatoms. The SMILES string of the molecule is N=C(N)OC(=O)CNC(=O)CN. The lowest BCUT2D eigenvalue weighted by Crippen LogP contribution is -2.36. The summed E-state index contributed by atoms with van der Waals surface area (Å²) in [6.07, 6.45) is 0. The lowest BCUT2D eigenvalue weighted by molar-refractivity contribution is -0.136. The Morgan fingerprint density at radius 3 is 2.50 bits per heavy atom. The van der Waals surface area contributed by atoms with Crippen molar-refractivity contribution in [3.63, 3.8) is 0 Å². The van der Waals surface area contributed by atoms with Crippen molar-refractivity contribution < 1.29 is 14.3 Å². The first-order chi connectivity index (χ1) is 5.56. The summed E-state index contributed by atoms with van der Waals surface area (Å²) in [5.74, 6) is -1.28. The molecule has 68 valence electrons. The van der Waals surface area contributed by atoms with E-state index in [1.165, 1.54) is 0 Å². The summed E-state index contributed by atoms with van der Waals surface area (Å²) in [5, 5.41) is 8.70. The second-order valence-corrected chi connectivity index (χ2v) is 1.82. The summed E-state index contributed by atoms with van der Waals surface area (Å²) in [6.45, 7) is -0.539. The normalized spacial score (nSPS) is 8.75. The highest BCUT2D eigenvalue weighted by molar-refractivity contribution is 5.88. The molecule has 0 atom stereocenters. The molecular weight excluding hydrogens is 164 g/mol. The fourth-order valence-electron chi connectivity index (χ4n) is 0.402. The number of amides is 1. The molecule has 0 radical (unpaired) electrons. The van der Waals surface area contributed by atoms with Gasteiger partial charge in [-0.05, 0) is 0 Å². The number of esters is 1. The predicted octanol–water partition coefficient (Wildman–Crippen LogP) is -2.50. The Balaban J connectivity index is 3.57. The molecule has 1 amide bonds. The summed E-state index contributed by atoms with van der Waals surface area (Å²) >= 11 is 0. The molecule has 12 heavy (non-hydrogen) atoms. The molecule has 0 aromatic heterocycles. The third-order valence-electron chi connectivity index (χ3n) is 0.839. The van der Waals surface area contributed by atoms with Crippen molar-refractivity contribution in [1.82, 2.24) is 5.32 Å². The summed E-state index contributed by atoms with van der Waals surface area (Å²) < 4.78 is 4.11. The van der Waals surface area contributed by atoms with E-state index in [0.29, 0.717) is 0 Å². The van der Waals surface area contributed by atoms with Gasteiger partial charge in [0.2, 0.25) is 5.91 Å². The molecule has 0 unspecified atom stereocenters. The van der Waals surface area contributed by atoms with Crippen LogP contribution in [0, 0.1) is 5.41 Å². The quantitative estimate of drug-likeness (QED) is 0.213. The zero-order chi connectivity index (χ0) is 9.56. The van der Waals surface area contributed by atoms with E-state index in [1.807, 2.05) is 0 Å². The first-order valence-electron chi connectivity index (χ1n) is 3.07. The number of nitrogens with two attached hydrogens (primary N) is 2. The van der Waals surface area contributed by atoms with Crippen molar-refractivity contribution in [2.45, 2.75) is 0 Å². The molecule has 0 aliphatic carbocycles.